The van der Waals surface area contributed by atoms with Gasteiger partial charge in [-0.2, -0.15) is 0 Å². The Balaban J connectivity index is 2.11. The number of hydrogen-bond donors (Lipinski definition) is 2. The lowest BCUT2D eigenvalue weighted by Crippen LogP contribution is -1.98. The average Bonchev–Trinajstić information content (AvgIpc) is 2.75. The third-order valence-corrected chi connectivity index (χ3v) is 2.78. The SMILES string of the molecule is NCc1ccc(C2CCCC2)[nH]1. The molecule has 2 rings (SSSR count). The highest BCUT2D eigenvalue weighted by Crippen LogP contribution is 2.33. The predicted octanol–water partition coefficient (Wildman–Crippen LogP) is 2.13. The summed E-state index contributed by atoms with van der Waals surface area (Å²) in [6.07, 6.45) is 5.48. The van der Waals surface area contributed by atoms with E-state index in [9.17, 15) is 0 Å². The Morgan fingerprint density at radius 2 is 2.08 bits per heavy atom. The summed E-state index contributed by atoms with van der Waals surface area (Å²) in [5.41, 5.74) is 8.09. The molecule has 1 aromatic heterocycles. The van der Waals surface area contributed by atoms with Crippen LogP contribution in [-0.4, -0.2) is 4.98 Å². The van der Waals surface area contributed by atoms with Gasteiger partial charge in [-0.1, -0.05) is 12.8 Å². The fourth-order valence-electron chi connectivity index (χ4n) is 2.05. The molecule has 0 atom stereocenters. The molecule has 1 aliphatic carbocycles. The van der Waals surface area contributed by atoms with Crippen LogP contribution in [0.2, 0.25) is 0 Å². The molecule has 0 amide bonds. The Bertz CT molecular complexity index is 246. The number of nitrogens with two attached hydrogens (primary N) is 1. The molecule has 1 saturated carbocycles. The van der Waals surface area contributed by atoms with Gasteiger partial charge in [0.1, 0.15) is 0 Å². The van der Waals surface area contributed by atoms with Crippen molar-refractivity contribution in [2.75, 3.05) is 0 Å². The molecule has 0 saturated heterocycles. The number of nitrogens with one attached hydrogen (secondary N) is 1. The van der Waals surface area contributed by atoms with Crippen LogP contribution in [0.4, 0.5) is 0 Å². The van der Waals surface area contributed by atoms with Crippen LogP contribution >= 0.6 is 0 Å². The Morgan fingerprint density at radius 3 is 2.67 bits per heavy atom. The van der Waals surface area contributed by atoms with Crippen molar-refractivity contribution in [2.24, 2.45) is 5.73 Å². The molecule has 1 fully saturated rings. The van der Waals surface area contributed by atoms with Crippen molar-refractivity contribution in [1.29, 1.82) is 0 Å². The summed E-state index contributed by atoms with van der Waals surface area (Å²) in [5.74, 6) is 0.783. The second-order valence-corrected chi connectivity index (χ2v) is 3.62. The van der Waals surface area contributed by atoms with E-state index < -0.39 is 0 Å². The van der Waals surface area contributed by atoms with Crippen molar-refractivity contribution in [3.05, 3.63) is 23.5 Å². The number of aromatic amines is 1. The standard InChI is InChI=1S/C10H16N2/c11-7-9-5-6-10(12-9)8-3-1-2-4-8/h5-6,8,12H,1-4,7,11H2. The first-order valence-electron chi connectivity index (χ1n) is 4.78. The molecule has 1 aliphatic rings. The third-order valence-electron chi connectivity index (χ3n) is 2.78. The zero-order valence-electron chi connectivity index (χ0n) is 7.34. The van der Waals surface area contributed by atoms with Crippen molar-refractivity contribution in [3.8, 4) is 0 Å². The van der Waals surface area contributed by atoms with Crippen molar-refractivity contribution in [3.63, 3.8) is 0 Å². The molecule has 0 spiro atoms. The first-order chi connectivity index (χ1) is 5.90. The molecule has 1 heterocycles. The van der Waals surface area contributed by atoms with Gasteiger partial charge in [-0.3, -0.25) is 0 Å². The highest BCUT2D eigenvalue weighted by molar-refractivity contribution is 5.17. The smallest absolute Gasteiger partial charge is 0.0332 e. The van der Waals surface area contributed by atoms with E-state index in [4.69, 9.17) is 5.73 Å². The van der Waals surface area contributed by atoms with Gasteiger partial charge in [-0.25, -0.2) is 0 Å². The molecule has 2 heteroatoms. The van der Waals surface area contributed by atoms with Crippen LogP contribution in [0.3, 0.4) is 0 Å². The monoisotopic (exact) mass is 164 g/mol. The Kier molecular flexibility index (Phi) is 2.17. The molecular weight excluding hydrogens is 148 g/mol. The van der Waals surface area contributed by atoms with Crippen molar-refractivity contribution in [2.45, 2.75) is 38.1 Å². The number of rotatable bonds is 2. The summed E-state index contributed by atoms with van der Waals surface area (Å²) in [4.78, 5) is 3.38. The van der Waals surface area contributed by atoms with Gasteiger partial charge in [0.15, 0.2) is 0 Å². The van der Waals surface area contributed by atoms with Crippen molar-refractivity contribution >= 4 is 0 Å². The van der Waals surface area contributed by atoms with Crippen LogP contribution < -0.4 is 5.73 Å². The molecule has 0 radical (unpaired) electrons. The molecule has 66 valence electrons. The fourth-order valence-corrected chi connectivity index (χ4v) is 2.05. The number of aromatic nitrogens is 1. The van der Waals surface area contributed by atoms with E-state index in [2.05, 4.69) is 17.1 Å². The normalized spacial score (nSPS) is 18.8. The molecule has 12 heavy (non-hydrogen) atoms. The highest BCUT2D eigenvalue weighted by Gasteiger charge is 2.17. The maximum Gasteiger partial charge on any atom is 0.0332 e. The van der Waals surface area contributed by atoms with Crippen LogP contribution in [0.15, 0.2) is 12.1 Å². The minimum Gasteiger partial charge on any atom is -0.361 e. The van der Waals surface area contributed by atoms with Crippen LogP contribution in [0.25, 0.3) is 0 Å². The predicted molar refractivity (Wildman–Crippen MR) is 49.9 cm³/mol. The van der Waals surface area contributed by atoms with Crippen LogP contribution in [0, 0.1) is 0 Å². The lowest BCUT2D eigenvalue weighted by atomic mass is 10.1. The largest absolute Gasteiger partial charge is 0.361 e. The summed E-state index contributed by atoms with van der Waals surface area (Å²) in [5, 5.41) is 0. The van der Waals surface area contributed by atoms with Crippen LogP contribution in [-0.2, 0) is 6.54 Å². The molecule has 3 N–H and O–H groups in total. The van der Waals surface area contributed by atoms with Crippen molar-refractivity contribution < 1.29 is 0 Å². The first-order valence-corrected chi connectivity index (χ1v) is 4.78. The second kappa shape index (κ2) is 3.31. The number of hydrogen-bond acceptors (Lipinski definition) is 1. The van der Waals surface area contributed by atoms with E-state index in [1.807, 2.05) is 0 Å². The van der Waals surface area contributed by atoms with Gasteiger partial charge in [0.05, 0.1) is 0 Å². The quantitative estimate of drug-likeness (QED) is 0.690. The van der Waals surface area contributed by atoms with Crippen molar-refractivity contribution in [1.82, 2.24) is 4.98 Å². The first kappa shape index (κ1) is 7.87. The van der Waals surface area contributed by atoms with Gasteiger partial charge in [-0.05, 0) is 30.9 Å². The fraction of sp³-hybridized carbons (Fsp3) is 0.600. The van der Waals surface area contributed by atoms with E-state index in [1.54, 1.807) is 0 Å². The lowest BCUT2D eigenvalue weighted by Gasteiger charge is -2.05. The molecule has 0 aliphatic heterocycles. The molecular formula is C10H16N2. The molecule has 1 aromatic rings. The Morgan fingerprint density at radius 1 is 1.33 bits per heavy atom. The molecule has 0 bridgehead atoms. The summed E-state index contributed by atoms with van der Waals surface area (Å²) in [6, 6.07) is 4.30. The molecule has 2 nitrogen and oxygen atoms in total. The van der Waals surface area contributed by atoms with Gasteiger partial charge in [0, 0.05) is 17.9 Å². The Hall–Kier alpha value is -0.760. The van der Waals surface area contributed by atoms with Crippen LogP contribution in [0.5, 0.6) is 0 Å². The average molecular weight is 164 g/mol. The van der Waals surface area contributed by atoms with E-state index in [1.165, 1.54) is 31.4 Å². The topological polar surface area (TPSA) is 41.8 Å². The number of H-pyrrole nitrogens is 1. The highest BCUT2D eigenvalue weighted by atomic mass is 14.8. The zero-order chi connectivity index (χ0) is 8.39. The second-order valence-electron chi connectivity index (χ2n) is 3.62. The maximum absolute atomic E-state index is 5.53. The third kappa shape index (κ3) is 1.39. The van der Waals surface area contributed by atoms with Gasteiger partial charge in [0.2, 0.25) is 0 Å². The summed E-state index contributed by atoms with van der Waals surface area (Å²) in [6.45, 7) is 0.632. The minimum absolute atomic E-state index is 0.632. The molecule has 0 aromatic carbocycles. The van der Waals surface area contributed by atoms with Gasteiger partial charge in [-0.15, -0.1) is 0 Å². The Labute approximate surface area is 73.2 Å². The zero-order valence-corrected chi connectivity index (χ0v) is 7.34. The van der Waals surface area contributed by atoms with E-state index >= 15 is 0 Å². The van der Waals surface area contributed by atoms with Gasteiger partial charge in [0.25, 0.3) is 0 Å². The van der Waals surface area contributed by atoms with E-state index in [0.717, 1.165) is 11.6 Å². The van der Waals surface area contributed by atoms with E-state index in [-0.39, 0.29) is 0 Å². The van der Waals surface area contributed by atoms with Crippen LogP contribution in [0.1, 0.15) is 43.0 Å². The van der Waals surface area contributed by atoms with E-state index in [0.29, 0.717) is 6.54 Å². The van der Waals surface area contributed by atoms with Gasteiger partial charge >= 0.3 is 0 Å². The van der Waals surface area contributed by atoms with Gasteiger partial charge < -0.3 is 10.7 Å². The summed E-state index contributed by atoms with van der Waals surface area (Å²) >= 11 is 0. The summed E-state index contributed by atoms with van der Waals surface area (Å²) in [7, 11) is 0. The minimum atomic E-state index is 0.632. The maximum atomic E-state index is 5.53. The molecule has 0 unspecified atom stereocenters. The summed E-state index contributed by atoms with van der Waals surface area (Å²) < 4.78 is 0. The lowest BCUT2D eigenvalue weighted by molar-refractivity contribution is 0.699.